The molecular formula is C24H18F2N2O5. The Labute approximate surface area is 186 Å². The number of nitrogens with zero attached hydrogens (tertiary/aromatic N) is 1. The summed E-state index contributed by atoms with van der Waals surface area (Å²) in [5.41, 5.74) is 1.35. The van der Waals surface area contributed by atoms with Crippen LogP contribution in [0.15, 0.2) is 77.6 Å². The predicted molar refractivity (Wildman–Crippen MR) is 118 cm³/mol. The van der Waals surface area contributed by atoms with Gasteiger partial charge in [-0.05, 0) is 48.5 Å². The first-order chi connectivity index (χ1) is 15.9. The zero-order valence-electron chi connectivity index (χ0n) is 17.2. The van der Waals surface area contributed by atoms with Crippen LogP contribution >= 0.6 is 0 Å². The molecule has 3 aromatic carbocycles. The van der Waals surface area contributed by atoms with Gasteiger partial charge >= 0.3 is 12.6 Å². The maximum Gasteiger partial charge on any atom is 0.387 e. The van der Waals surface area contributed by atoms with Crippen LogP contribution in [-0.4, -0.2) is 29.7 Å². The highest BCUT2D eigenvalue weighted by Gasteiger charge is 2.15. The van der Waals surface area contributed by atoms with Crippen molar-refractivity contribution in [2.45, 2.75) is 13.2 Å². The number of halogens is 2. The molecule has 1 heterocycles. The van der Waals surface area contributed by atoms with Gasteiger partial charge in [-0.15, -0.1) is 0 Å². The van der Waals surface area contributed by atoms with E-state index in [9.17, 15) is 23.2 Å². The quantitative estimate of drug-likeness (QED) is 0.339. The van der Waals surface area contributed by atoms with Crippen molar-refractivity contribution in [3.63, 3.8) is 0 Å². The van der Waals surface area contributed by atoms with Gasteiger partial charge in [0.2, 0.25) is 0 Å². The average molecular weight is 452 g/mol. The second-order valence-electron chi connectivity index (χ2n) is 7.06. The molecular weight excluding hydrogens is 434 g/mol. The number of ether oxygens (including phenoxy) is 2. The van der Waals surface area contributed by atoms with E-state index < -0.39 is 25.1 Å². The lowest BCUT2D eigenvalue weighted by Gasteiger charge is -2.14. The molecule has 0 saturated carbocycles. The number of rotatable bonds is 7. The fourth-order valence-electron chi connectivity index (χ4n) is 3.48. The van der Waals surface area contributed by atoms with Crippen LogP contribution in [0.25, 0.3) is 21.8 Å². The molecule has 0 aliphatic heterocycles. The SMILES string of the molecule is O=C(COC(=O)Cn1c2ccccc2c(=O)c2ccccc21)Nc1ccc(OC(F)F)cc1. The van der Waals surface area contributed by atoms with E-state index in [0.717, 1.165) is 0 Å². The molecule has 0 fully saturated rings. The Hall–Kier alpha value is -4.27. The number of fused-ring (bicyclic) bond motifs is 2. The first-order valence-electron chi connectivity index (χ1n) is 9.93. The normalized spacial score (nSPS) is 11.0. The zero-order chi connectivity index (χ0) is 23.4. The van der Waals surface area contributed by atoms with Crippen LogP contribution in [0.3, 0.4) is 0 Å². The Morgan fingerprint density at radius 2 is 1.45 bits per heavy atom. The number of hydrogen-bond acceptors (Lipinski definition) is 5. The molecule has 7 nitrogen and oxygen atoms in total. The van der Waals surface area contributed by atoms with E-state index in [1.54, 1.807) is 53.1 Å². The third-order valence-corrected chi connectivity index (χ3v) is 4.89. The number of nitrogens with one attached hydrogen (secondary N) is 1. The lowest BCUT2D eigenvalue weighted by Crippen LogP contribution is -2.24. The van der Waals surface area contributed by atoms with Crippen LogP contribution in [0.5, 0.6) is 5.75 Å². The van der Waals surface area contributed by atoms with Gasteiger partial charge in [0, 0.05) is 16.5 Å². The second-order valence-corrected chi connectivity index (χ2v) is 7.06. The van der Waals surface area contributed by atoms with Crippen molar-refractivity contribution in [2.75, 3.05) is 11.9 Å². The number of carbonyl (C=O) groups is 2. The minimum absolute atomic E-state index is 0.0463. The molecule has 1 aromatic heterocycles. The number of aromatic nitrogens is 1. The molecule has 33 heavy (non-hydrogen) atoms. The van der Waals surface area contributed by atoms with Gasteiger partial charge in [-0.1, -0.05) is 24.3 Å². The van der Waals surface area contributed by atoms with Gasteiger partial charge in [0.15, 0.2) is 12.0 Å². The van der Waals surface area contributed by atoms with Gasteiger partial charge in [0.25, 0.3) is 5.91 Å². The number of benzene rings is 3. The smallest absolute Gasteiger partial charge is 0.387 e. The fourth-order valence-corrected chi connectivity index (χ4v) is 3.48. The maximum atomic E-state index is 12.8. The number of anilines is 1. The van der Waals surface area contributed by atoms with E-state index in [2.05, 4.69) is 10.1 Å². The molecule has 1 amide bonds. The van der Waals surface area contributed by atoms with Crippen molar-refractivity contribution in [3.05, 3.63) is 83.0 Å². The summed E-state index contributed by atoms with van der Waals surface area (Å²) < 4.78 is 35.4. The summed E-state index contributed by atoms with van der Waals surface area (Å²) in [6.07, 6.45) is 0. The summed E-state index contributed by atoms with van der Waals surface area (Å²) in [6.45, 7) is -3.68. The molecule has 4 rings (SSSR count). The van der Waals surface area contributed by atoms with Gasteiger partial charge in [-0.2, -0.15) is 8.78 Å². The molecule has 4 aromatic rings. The number of para-hydroxylation sites is 2. The summed E-state index contributed by atoms with van der Waals surface area (Å²) >= 11 is 0. The molecule has 0 aliphatic carbocycles. The van der Waals surface area contributed by atoms with Gasteiger partial charge in [-0.3, -0.25) is 14.4 Å². The summed E-state index contributed by atoms with van der Waals surface area (Å²) in [6, 6.07) is 19.2. The molecule has 0 aliphatic rings. The largest absolute Gasteiger partial charge is 0.454 e. The van der Waals surface area contributed by atoms with Gasteiger partial charge in [0.1, 0.15) is 12.3 Å². The van der Waals surface area contributed by atoms with Crippen LogP contribution in [0.2, 0.25) is 0 Å². The molecule has 168 valence electrons. The topological polar surface area (TPSA) is 86.6 Å². The third-order valence-electron chi connectivity index (χ3n) is 4.89. The highest BCUT2D eigenvalue weighted by atomic mass is 19.3. The van der Waals surface area contributed by atoms with Crippen LogP contribution in [0.4, 0.5) is 14.5 Å². The van der Waals surface area contributed by atoms with Crippen molar-refractivity contribution >= 4 is 39.4 Å². The van der Waals surface area contributed by atoms with E-state index in [0.29, 0.717) is 27.5 Å². The van der Waals surface area contributed by atoms with Gasteiger partial charge < -0.3 is 19.4 Å². The van der Waals surface area contributed by atoms with Gasteiger partial charge in [0.05, 0.1) is 11.0 Å². The number of hydrogen-bond donors (Lipinski definition) is 1. The summed E-state index contributed by atoms with van der Waals surface area (Å²) in [7, 11) is 0. The molecule has 0 bridgehead atoms. The summed E-state index contributed by atoms with van der Waals surface area (Å²) in [5.74, 6) is -1.31. The standard InChI is InChI=1S/C24H18F2N2O5/c25-24(26)33-16-11-9-15(10-12-16)27-21(29)14-32-22(30)13-28-19-7-3-1-5-17(19)23(31)18-6-2-4-8-20(18)28/h1-12,24H,13-14H2,(H,27,29). The monoisotopic (exact) mass is 452 g/mol. The lowest BCUT2D eigenvalue weighted by molar-refractivity contribution is -0.147. The first kappa shape index (κ1) is 21.9. The van der Waals surface area contributed by atoms with Gasteiger partial charge in [-0.25, -0.2) is 0 Å². The zero-order valence-corrected chi connectivity index (χ0v) is 17.2. The predicted octanol–water partition coefficient (Wildman–Crippen LogP) is 3.94. The molecule has 0 unspecified atom stereocenters. The lowest BCUT2D eigenvalue weighted by atomic mass is 10.1. The van der Waals surface area contributed by atoms with E-state index in [1.807, 2.05) is 0 Å². The molecule has 0 spiro atoms. The third kappa shape index (κ3) is 4.98. The molecule has 9 heteroatoms. The Bertz CT molecular complexity index is 1320. The highest BCUT2D eigenvalue weighted by molar-refractivity contribution is 5.95. The van der Waals surface area contributed by atoms with Crippen molar-refractivity contribution in [2.24, 2.45) is 0 Å². The highest BCUT2D eigenvalue weighted by Crippen LogP contribution is 2.20. The Morgan fingerprint density at radius 3 is 2.03 bits per heavy atom. The van der Waals surface area contributed by atoms with E-state index in [4.69, 9.17) is 4.74 Å². The second kappa shape index (κ2) is 9.47. The number of esters is 1. The minimum Gasteiger partial charge on any atom is -0.454 e. The van der Waals surface area contributed by atoms with Crippen molar-refractivity contribution in [1.29, 1.82) is 0 Å². The number of amides is 1. The van der Waals surface area contributed by atoms with E-state index in [1.165, 1.54) is 24.3 Å². The van der Waals surface area contributed by atoms with Crippen LogP contribution in [-0.2, 0) is 20.9 Å². The Balaban J connectivity index is 1.44. The van der Waals surface area contributed by atoms with Crippen LogP contribution in [0, 0.1) is 0 Å². The number of pyridine rings is 1. The van der Waals surface area contributed by atoms with Crippen LogP contribution < -0.4 is 15.5 Å². The van der Waals surface area contributed by atoms with E-state index in [-0.39, 0.29) is 17.7 Å². The maximum absolute atomic E-state index is 12.8. The summed E-state index contributed by atoms with van der Waals surface area (Å²) in [4.78, 5) is 37.4. The Kier molecular flexibility index (Phi) is 6.30. The minimum atomic E-state index is -2.94. The molecule has 1 N–H and O–H groups in total. The van der Waals surface area contributed by atoms with Crippen LogP contribution in [0.1, 0.15) is 0 Å². The Morgan fingerprint density at radius 1 is 0.879 bits per heavy atom. The fraction of sp³-hybridized carbons (Fsp3) is 0.125. The van der Waals surface area contributed by atoms with E-state index >= 15 is 0 Å². The van der Waals surface area contributed by atoms with Crippen molar-refractivity contribution in [3.8, 4) is 5.75 Å². The number of carbonyl (C=O) groups excluding carboxylic acids is 2. The summed E-state index contributed by atoms with van der Waals surface area (Å²) in [5, 5.41) is 3.45. The van der Waals surface area contributed by atoms with Crippen molar-refractivity contribution < 1.29 is 27.8 Å². The number of alkyl halides is 2. The average Bonchev–Trinajstić information content (AvgIpc) is 2.81. The molecule has 0 radical (unpaired) electrons. The molecule has 0 atom stereocenters. The first-order valence-corrected chi connectivity index (χ1v) is 9.93. The molecule has 0 saturated heterocycles. The van der Waals surface area contributed by atoms with Crippen molar-refractivity contribution in [1.82, 2.24) is 4.57 Å².